The first-order valence-electron chi connectivity index (χ1n) is 11.9. The lowest BCUT2D eigenvalue weighted by Crippen LogP contribution is -2.27. The zero-order valence-corrected chi connectivity index (χ0v) is 21.8. The van der Waals surface area contributed by atoms with Gasteiger partial charge in [-0.1, -0.05) is 25.0 Å². The molecule has 2 aromatic carbocycles. The van der Waals surface area contributed by atoms with Crippen molar-refractivity contribution < 1.29 is 22.7 Å². The van der Waals surface area contributed by atoms with E-state index in [2.05, 4.69) is 16.0 Å². The van der Waals surface area contributed by atoms with Crippen molar-refractivity contribution in [2.75, 3.05) is 17.5 Å². The smallest absolute Gasteiger partial charge is 0.412 e. The summed E-state index contributed by atoms with van der Waals surface area (Å²) in [5, 5.41) is 13.7. The number of fused-ring (bicyclic) bond motifs is 1. The van der Waals surface area contributed by atoms with Gasteiger partial charge < -0.3 is 14.0 Å². The summed E-state index contributed by atoms with van der Waals surface area (Å²) in [6.45, 7) is 5.41. The van der Waals surface area contributed by atoms with Gasteiger partial charge in [0.25, 0.3) is 0 Å². The fourth-order valence-electron chi connectivity index (χ4n) is 4.63. The van der Waals surface area contributed by atoms with Crippen LogP contribution in [-0.2, 0) is 14.6 Å². The Morgan fingerprint density at radius 1 is 1.14 bits per heavy atom. The van der Waals surface area contributed by atoms with Crippen LogP contribution in [0, 0.1) is 11.3 Å². The van der Waals surface area contributed by atoms with Gasteiger partial charge in [-0.3, -0.25) is 5.32 Å². The molecule has 8 nitrogen and oxygen atoms in total. The normalized spacial score (nSPS) is 14.5. The van der Waals surface area contributed by atoms with Gasteiger partial charge in [-0.2, -0.15) is 5.26 Å². The Morgan fingerprint density at radius 2 is 1.81 bits per heavy atom. The number of ether oxygens (including phenoxy) is 2. The molecule has 36 heavy (non-hydrogen) atoms. The molecule has 1 aliphatic carbocycles. The Kier molecular flexibility index (Phi) is 7.01. The van der Waals surface area contributed by atoms with Crippen molar-refractivity contribution in [2.24, 2.45) is 0 Å². The first-order valence-corrected chi connectivity index (χ1v) is 14.0. The molecule has 1 aliphatic rings. The zero-order chi connectivity index (χ0) is 26.1. The van der Waals surface area contributed by atoms with Crippen LogP contribution in [0.25, 0.3) is 22.2 Å². The van der Waals surface area contributed by atoms with E-state index in [9.17, 15) is 18.5 Å². The Bertz CT molecular complexity index is 1420. The molecule has 9 heteroatoms. The quantitative estimate of drug-likeness (QED) is 0.435. The molecule has 0 saturated heterocycles. The number of anilines is 1. The first-order chi connectivity index (χ1) is 16.9. The molecule has 1 fully saturated rings. The van der Waals surface area contributed by atoms with Gasteiger partial charge in [0.15, 0.2) is 15.8 Å². The lowest BCUT2D eigenvalue weighted by Gasteiger charge is -2.20. The highest BCUT2D eigenvalue weighted by Crippen LogP contribution is 2.42. The van der Waals surface area contributed by atoms with E-state index in [1.54, 1.807) is 39.0 Å². The topological polar surface area (TPSA) is 110 Å². The molecule has 0 unspecified atom stereocenters. The summed E-state index contributed by atoms with van der Waals surface area (Å²) in [5.74, 6) is 0.0322. The highest BCUT2D eigenvalue weighted by atomic mass is 32.2. The molecule has 0 aliphatic heterocycles. The minimum Gasteiger partial charge on any atom is -0.478 e. The second kappa shape index (κ2) is 9.86. The Morgan fingerprint density at radius 3 is 2.39 bits per heavy atom. The van der Waals surface area contributed by atoms with Gasteiger partial charge in [0, 0.05) is 29.4 Å². The van der Waals surface area contributed by atoms with Crippen molar-refractivity contribution >= 4 is 32.5 Å². The molecule has 3 aromatic rings. The number of amides is 1. The van der Waals surface area contributed by atoms with E-state index in [4.69, 9.17) is 9.47 Å². The number of nitriles is 1. The van der Waals surface area contributed by atoms with Crippen molar-refractivity contribution in [3.8, 4) is 23.1 Å². The molecule has 1 amide bonds. The van der Waals surface area contributed by atoms with Crippen molar-refractivity contribution in [1.29, 1.82) is 5.26 Å². The van der Waals surface area contributed by atoms with Gasteiger partial charge in [-0.05, 0) is 63.4 Å². The molecule has 1 heterocycles. The number of benzene rings is 2. The van der Waals surface area contributed by atoms with Crippen LogP contribution in [0.3, 0.4) is 0 Å². The Labute approximate surface area is 211 Å². The molecule has 0 atom stereocenters. The van der Waals surface area contributed by atoms with E-state index in [-0.39, 0.29) is 6.04 Å². The monoisotopic (exact) mass is 509 g/mol. The van der Waals surface area contributed by atoms with Crippen LogP contribution in [0.1, 0.15) is 58.1 Å². The third-order valence-corrected chi connectivity index (χ3v) is 6.57. The van der Waals surface area contributed by atoms with Crippen LogP contribution in [0.5, 0.6) is 5.75 Å². The Balaban J connectivity index is 1.76. The molecular weight excluding hydrogens is 478 g/mol. The number of aromatic nitrogens is 1. The first kappa shape index (κ1) is 25.6. The van der Waals surface area contributed by atoms with Gasteiger partial charge in [0.05, 0.1) is 16.8 Å². The second-order valence-electron chi connectivity index (χ2n) is 10.2. The van der Waals surface area contributed by atoms with E-state index in [1.807, 2.05) is 24.3 Å². The third kappa shape index (κ3) is 5.82. The largest absolute Gasteiger partial charge is 0.478 e. The van der Waals surface area contributed by atoms with Crippen LogP contribution in [0.4, 0.5) is 10.5 Å². The van der Waals surface area contributed by atoms with Crippen molar-refractivity contribution in [3.05, 3.63) is 48.0 Å². The minimum absolute atomic E-state index is 0.217. The number of rotatable bonds is 6. The molecule has 190 valence electrons. The number of nitrogens with zero attached hydrogens (tertiary/aromatic N) is 2. The van der Waals surface area contributed by atoms with Crippen LogP contribution >= 0.6 is 0 Å². The summed E-state index contributed by atoms with van der Waals surface area (Å²) < 4.78 is 36.2. The summed E-state index contributed by atoms with van der Waals surface area (Å²) in [7, 11) is -3.30. The zero-order valence-electron chi connectivity index (χ0n) is 21.0. The number of hydrogen-bond donors (Lipinski definition) is 1. The standard InChI is InChI=1S/C27H31N3O5S/c1-27(2,3)35-26(31)29-19-11-9-18(10-12-19)25-23(16-28)22-14-13-21(34-17-36(4,32)33)15-24(22)30(25)20-7-5-6-8-20/h9-15,20H,5-8,17H2,1-4H3,(H,29,31). The molecule has 1 N–H and O–H groups in total. The van der Waals surface area contributed by atoms with Crippen molar-refractivity contribution in [1.82, 2.24) is 4.57 Å². The van der Waals surface area contributed by atoms with Crippen LogP contribution in [0.2, 0.25) is 0 Å². The summed E-state index contributed by atoms with van der Waals surface area (Å²) in [5.41, 5.74) is 3.05. The average Bonchev–Trinajstić information content (AvgIpc) is 3.41. The van der Waals surface area contributed by atoms with Crippen molar-refractivity contribution in [3.63, 3.8) is 0 Å². The number of carbonyl (C=O) groups is 1. The summed E-state index contributed by atoms with van der Waals surface area (Å²) in [4.78, 5) is 12.1. The summed E-state index contributed by atoms with van der Waals surface area (Å²) >= 11 is 0. The van der Waals surface area contributed by atoms with Gasteiger partial charge in [-0.25, -0.2) is 13.2 Å². The van der Waals surface area contributed by atoms with Gasteiger partial charge >= 0.3 is 6.09 Å². The molecular formula is C27H31N3O5S. The van der Waals surface area contributed by atoms with Crippen LogP contribution < -0.4 is 10.1 Å². The fourth-order valence-corrected chi connectivity index (χ4v) is 4.98. The number of hydrogen-bond acceptors (Lipinski definition) is 6. The van der Waals surface area contributed by atoms with Gasteiger partial charge in [-0.15, -0.1) is 0 Å². The van der Waals surface area contributed by atoms with E-state index in [1.165, 1.54) is 0 Å². The molecule has 4 rings (SSSR count). The molecule has 1 saturated carbocycles. The SMILES string of the molecule is CC(C)(C)OC(=O)Nc1ccc(-c2c(C#N)c3ccc(OCS(C)(=O)=O)cc3n2C2CCCC2)cc1. The van der Waals surface area contributed by atoms with E-state index >= 15 is 0 Å². The van der Waals surface area contributed by atoms with E-state index < -0.39 is 27.5 Å². The molecule has 0 spiro atoms. The van der Waals surface area contributed by atoms with E-state index in [0.717, 1.165) is 54.1 Å². The number of carbonyl (C=O) groups excluding carboxylic acids is 1. The predicted octanol–water partition coefficient (Wildman–Crippen LogP) is 6.02. The summed E-state index contributed by atoms with van der Waals surface area (Å²) in [6.07, 6.45) is 4.79. The maximum Gasteiger partial charge on any atom is 0.412 e. The lowest BCUT2D eigenvalue weighted by molar-refractivity contribution is 0.0636. The highest BCUT2D eigenvalue weighted by Gasteiger charge is 2.27. The van der Waals surface area contributed by atoms with Crippen LogP contribution in [0.15, 0.2) is 42.5 Å². The Hall–Kier alpha value is -3.51. The lowest BCUT2D eigenvalue weighted by atomic mass is 10.1. The minimum atomic E-state index is -3.30. The number of sulfone groups is 1. The van der Waals surface area contributed by atoms with Gasteiger partial charge in [0.2, 0.25) is 0 Å². The fraction of sp³-hybridized carbons (Fsp3) is 0.407. The molecule has 0 bridgehead atoms. The maximum atomic E-state index is 12.1. The third-order valence-electron chi connectivity index (χ3n) is 6.02. The molecule has 1 aromatic heterocycles. The molecule has 0 radical (unpaired) electrons. The van der Waals surface area contributed by atoms with E-state index in [0.29, 0.717) is 17.0 Å². The number of nitrogens with one attached hydrogen (secondary N) is 1. The summed E-state index contributed by atoms with van der Waals surface area (Å²) in [6, 6.07) is 15.3. The van der Waals surface area contributed by atoms with Gasteiger partial charge in [0.1, 0.15) is 17.4 Å². The maximum absolute atomic E-state index is 12.1. The second-order valence-corrected chi connectivity index (χ2v) is 12.3. The van der Waals surface area contributed by atoms with Crippen LogP contribution in [-0.4, -0.2) is 36.9 Å². The average molecular weight is 510 g/mol. The highest BCUT2D eigenvalue weighted by molar-refractivity contribution is 7.90. The predicted molar refractivity (Wildman–Crippen MR) is 140 cm³/mol. The van der Waals surface area contributed by atoms with Crippen molar-refractivity contribution in [2.45, 2.75) is 58.1 Å².